The number of carboxylic acid groups (broad SMARTS) is 1. The lowest BCUT2D eigenvalue weighted by Gasteiger charge is -2.11. The number of hydrogen-bond acceptors (Lipinski definition) is 4. The summed E-state index contributed by atoms with van der Waals surface area (Å²) in [4.78, 5) is 24.5. The minimum absolute atomic E-state index is 0.00175. The highest BCUT2D eigenvalue weighted by Gasteiger charge is 2.17. The highest BCUT2D eigenvalue weighted by Crippen LogP contribution is 2.35. The Morgan fingerprint density at radius 2 is 1.40 bits per heavy atom. The van der Waals surface area contributed by atoms with Gasteiger partial charge in [-0.3, -0.25) is 4.79 Å². The fourth-order valence-corrected chi connectivity index (χ4v) is 4.17. The van der Waals surface area contributed by atoms with E-state index in [1.165, 1.54) is 11.3 Å². The smallest absolute Gasteiger partial charge is 0.256 e. The Morgan fingerprint density at radius 3 is 2.03 bits per heavy atom. The largest absolute Gasteiger partial charge is 0.545 e. The molecule has 0 unspecified atom stereocenters. The zero-order valence-corrected chi connectivity index (χ0v) is 17.0. The van der Waals surface area contributed by atoms with Gasteiger partial charge >= 0.3 is 0 Å². The number of carboxylic acids is 1. The average Bonchev–Trinajstić information content (AvgIpc) is 3.19. The van der Waals surface area contributed by atoms with Gasteiger partial charge in [0, 0.05) is 22.1 Å². The maximum Gasteiger partial charge on any atom is 0.256 e. The summed E-state index contributed by atoms with van der Waals surface area (Å²) in [5.41, 5.74) is 4.89. The van der Waals surface area contributed by atoms with Gasteiger partial charge in [0.2, 0.25) is 0 Å². The molecule has 0 atom stereocenters. The van der Waals surface area contributed by atoms with E-state index in [-0.39, 0.29) is 16.5 Å². The van der Waals surface area contributed by atoms with Gasteiger partial charge in [-0.2, -0.15) is 0 Å². The second-order valence-electron chi connectivity index (χ2n) is 6.90. The number of rotatable bonds is 5. The monoisotopic (exact) mass is 412 g/mol. The predicted octanol–water partition coefficient (Wildman–Crippen LogP) is 5.01. The Bertz CT molecular complexity index is 1190. The SMILES string of the molecule is Cc1ccc(-c2csc(NC(=O)c3ccc(-c4ccccc4)cc3)c2C(=O)[O-])cc1. The maximum atomic E-state index is 12.7. The Kier molecular flexibility index (Phi) is 5.46. The Hall–Kier alpha value is -3.70. The second-order valence-corrected chi connectivity index (χ2v) is 7.78. The molecular weight excluding hydrogens is 394 g/mol. The fraction of sp³-hybridized carbons (Fsp3) is 0.0400. The summed E-state index contributed by atoms with van der Waals surface area (Å²) in [5, 5.41) is 16.5. The van der Waals surface area contributed by atoms with Crippen LogP contribution in [0, 0.1) is 6.92 Å². The van der Waals surface area contributed by atoms with E-state index >= 15 is 0 Å². The second kappa shape index (κ2) is 8.35. The Balaban J connectivity index is 1.59. The van der Waals surface area contributed by atoms with Gasteiger partial charge < -0.3 is 15.2 Å². The molecule has 3 aromatic carbocycles. The van der Waals surface area contributed by atoms with Crippen molar-refractivity contribution in [3.63, 3.8) is 0 Å². The van der Waals surface area contributed by atoms with Crippen LogP contribution in [0.25, 0.3) is 22.3 Å². The molecule has 1 N–H and O–H groups in total. The van der Waals surface area contributed by atoms with Crippen LogP contribution in [0.15, 0.2) is 84.2 Å². The zero-order valence-electron chi connectivity index (χ0n) is 16.2. The topological polar surface area (TPSA) is 69.2 Å². The summed E-state index contributed by atoms with van der Waals surface area (Å²) < 4.78 is 0. The molecule has 0 fully saturated rings. The molecule has 0 saturated carbocycles. The molecule has 0 saturated heterocycles. The van der Waals surface area contributed by atoms with Crippen LogP contribution in [0.2, 0.25) is 0 Å². The van der Waals surface area contributed by atoms with Crippen molar-refractivity contribution in [2.75, 3.05) is 5.32 Å². The third-order valence-electron chi connectivity index (χ3n) is 4.84. The van der Waals surface area contributed by atoms with Crippen LogP contribution in [0.1, 0.15) is 26.3 Å². The van der Waals surface area contributed by atoms with Crippen LogP contribution in [-0.4, -0.2) is 11.9 Å². The molecule has 1 amide bonds. The number of thiophene rings is 1. The Morgan fingerprint density at radius 1 is 0.800 bits per heavy atom. The number of aryl methyl sites for hydroxylation is 1. The van der Waals surface area contributed by atoms with Gasteiger partial charge in [0.1, 0.15) is 5.00 Å². The molecule has 1 heterocycles. The number of nitrogens with one attached hydrogen (secondary N) is 1. The first-order valence-corrected chi connectivity index (χ1v) is 10.3. The summed E-state index contributed by atoms with van der Waals surface area (Å²) in [5.74, 6) is -1.68. The molecule has 4 aromatic rings. The third kappa shape index (κ3) is 4.02. The lowest BCUT2D eigenvalue weighted by Crippen LogP contribution is -2.24. The molecule has 0 aliphatic carbocycles. The van der Waals surface area contributed by atoms with Crippen molar-refractivity contribution in [3.8, 4) is 22.3 Å². The summed E-state index contributed by atoms with van der Waals surface area (Å²) in [6.45, 7) is 1.96. The maximum absolute atomic E-state index is 12.7. The molecular formula is C25H18NO3S-. The molecule has 0 aliphatic rings. The number of anilines is 1. The van der Waals surface area contributed by atoms with E-state index in [1.807, 2.05) is 73.7 Å². The van der Waals surface area contributed by atoms with Crippen LogP contribution in [0.3, 0.4) is 0 Å². The molecule has 148 valence electrons. The highest BCUT2D eigenvalue weighted by atomic mass is 32.1. The first kappa shape index (κ1) is 19.6. The number of amides is 1. The molecule has 0 spiro atoms. The van der Waals surface area contributed by atoms with E-state index in [2.05, 4.69) is 5.32 Å². The summed E-state index contributed by atoms with van der Waals surface area (Å²) in [7, 11) is 0. The normalized spacial score (nSPS) is 10.6. The number of carbonyl (C=O) groups excluding carboxylic acids is 2. The van der Waals surface area contributed by atoms with E-state index < -0.39 is 5.97 Å². The minimum atomic E-state index is -1.32. The first-order valence-electron chi connectivity index (χ1n) is 9.39. The quantitative estimate of drug-likeness (QED) is 0.501. The van der Waals surface area contributed by atoms with E-state index in [0.29, 0.717) is 11.1 Å². The highest BCUT2D eigenvalue weighted by molar-refractivity contribution is 7.15. The molecule has 5 heteroatoms. The van der Waals surface area contributed by atoms with Crippen molar-refractivity contribution in [1.82, 2.24) is 0 Å². The first-order chi connectivity index (χ1) is 14.5. The van der Waals surface area contributed by atoms with Crippen molar-refractivity contribution in [1.29, 1.82) is 0 Å². The standard InChI is InChI=1S/C25H19NO3S/c1-16-7-9-19(10-8-16)21-15-30-24(22(21)25(28)29)26-23(27)20-13-11-18(12-14-20)17-5-3-2-4-6-17/h2-15H,1H3,(H,26,27)(H,28,29)/p-1. The van der Waals surface area contributed by atoms with Crippen molar-refractivity contribution >= 4 is 28.2 Å². The van der Waals surface area contributed by atoms with Gasteiger partial charge in [-0.1, -0.05) is 72.3 Å². The molecule has 0 radical (unpaired) electrons. The van der Waals surface area contributed by atoms with Crippen LogP contribution >= 0.6 is 11.3 Å². The van der Waals surface area contributed by atoms with Crippen LogP contribution in [0.5, 0.6) is 0 Å². The van der Waals surface area contributed by atoms with E-state index in [9.17, 15) is 14.7 Å². The predicted molar refractivity (Wildman–Crippen MR) is 119 cm³/mol. The molecule has 0 aliphatic heterocycles. The average molecular weight is 412 g/mol. The summed E-state index contributed by atoms with van der Waals surface area (Å²) in [6.07, 6.45) is 0. The molecule has 30 heavy (non-hydrogen) atoms. The lowest BCUT2D eigenvalue weighted by molar-refractivity contribution is -0.254. The van der Waals surface area contributed by atoms with Gasteiger partial charge in [0.25, 0.3) is 5.91 Å². The summed E-state index contributed by atoms with van der Waals surface area (Å²) >= 11 is 1.17. The number of carbonyl (C=O) groups is 2. The van der Waals surface area contributed by atoms with E-state index in [1.54, 1.807) is 17.5 Å². The van der Waals surface area contributed by atoms with Crippen molar-refractivity contribution in [2.24, 2.45) is 0 Å². The van der Waals surface area contributed by atoms with Gasteiger partial charge in [-0.15, -0.1) is 11.3 Å². The van der Waals surface area contributed by atoms with Crippen molar-refractivity contribution < 1.29 is 14.7 Å². The zero-order chi connectivity index (χ0) is 21.1. The molecule has 4 rings (SSSR count). The van der Waals surface area contributed by atoms with Gasteiger partial charge in [0.15, 0.2) is 0 Å². The van der Waals surface area contributed by atoms with Crippen molar-refractivity contribution in [2.45, 2.75) is 6.92 Å². The number of hydrogen-bond donors (Lipinski definition) is 1. The third-order valence-corrected chi connectivity index (χ3v) is 5.73. The lowest BCUT2D eigenvalue weighted by atomic mass is 10.0. The van der Waals surface area contributed by atoms with Crippen LogP contribution in [0.4, 0.5) is 5.00 Å². The van der Waals surface area contributed by atoms with Crippen LogP contribution in [-0.2, 0) is 0 Å². The van der Waals surface area contributed by atoms with Crippen LogP contribution < -0.4 is 10.4 Å². The summed E-state index contributed by atoms with van der Waals surface area (Å²) in [6, 6.07) is 24.6. The van der Waals surface area contributed by atoms with Gasteiger partial charge in [-0.25, -0.2) is 0 Å². The number of aromatic carboxylic acids is 1. The van der Waals surface area contributed by atoms with Gasteiger partial charge in [0.05, 0.1) is 5.97 Å². The minimum Gasteiger partial charge on any atom is -0.545 e. The molecule has 0 bridgehead atoms. The molecule has 1 aromatic heterocycles. The van der Waals surface area contributed by atoms with Gasteiger partial charge in [-0.05, 0) is 35.7 Å². The van der Waals surface area contributed by atoms with Crippen molar-refractivity contribution in [3.05, 3.63) is 101 Å². The fourth-order valence-electron chi connectivity index (χ4n) is 3.22. The van der Waals surface area contributed by atoms with E-state index in [4.69, 9.17) is 0 Å². The van der Waals surface area contributed by atoms with E-state index in [0.717, 1.165) is 22.3 Å². The Labute approximate surface area is 178 Å². The number of benzene rings is 3. The molecule has 4 nitrogen and oxygen atoms in total.